The Morgan fingerprint density at radius 3 is 2.86 bits per heavy atom. The van der Waals surface area contributed by atoms with Crippen LogP contribution in [0.1, 0.15) is 0 Å². The van der Waals surface area contributed by atoms with Crippen LogP contribution in [0.3, 0.4) is 0 Å². The molecule has 0 saturated carbocycles. The average Bonchev–Trinajstić information content (AvgIpc) is 3.17. The van der Waals surface area contributed by atoms with Crippen molar-refractivity contribution in [3.8, 4) is 11.4 Å². The number of fused-ring (bicyclic) bond motifs is 1. The molecule has 22 heavy (non-hydrogen) atoms. The number of rotatable bonds is 3. The summed E-state index contributed by atoms with van der Waals surface area (Å²) in [6.45, 7) is 0. The van der Waals surface area contributed by atoms with Crippen molar-refractivity contribution < 1.29 is 5.11 Å². The summed E-state index contributed by atoms with van der Waals surface area (Å²) in [4.78, 5) is 8.79. The van der Waals surface area contributed by atoms with Crippen LogP contribution in [0.5, 0.6) is 5.75 Å². The number of nitrogens with zero attached hydrogens (tertiary/aromatic N) is 6. The maximum atomic E-state index is 9.35. The third-order valence-electron chi connectivity index (χ3n) is 2.90. The molecule has 3 heterocycles. The van der Waals surface area contributed by atoms with Crippen LogP contribution in [0.25, 0.3) is 15.9 Å². The fourth-order valence-electron chi connectivity index (χ4n) is 1.88. The monoisotopic (exact) mass is 328 g/mol. The number of thiophene rings is 1. The lowest BCUT2D eigenvalue weighted by Gasteiger charge is -2.03. The van der Waals surface area contributed by atoms with E-state index < -0.39 is 0 Å². The Bertz CT molecular complexity index is 933. The standard InChI is InChI=1S/C13H8N6OS2/c20-9-3-1-8(2-4-9)19-13(16-17-18-19)22-12-14-7-11-10(15-12)5-6-21-11/h1-7,20H. The van der Waals surface area contributed by atoms with Gasteiger partial charge in [-0.15, -0.1) is 16.4 Å². The first-order valence-electron chi connectivity index (χ1n) is 6.25. The van der Waals surface area contributed by atoms with Crippen molar-refractivity contribution in [2.24, 2.45) is 0 Å². The Hall–Kier alpha value is -2.52. The predicted molar refractivity (Wildman–Crippen MR) is 82.4 cm³/mol. The summed E-state index contributed by atoms with van der Waals surface area (Å²) in [6.07, 6.45) is 1.80. The molecule has 0 aliphatic rings. The third-order valence-corrected chi connectivity index (χ3v) is 4.56. The second-order valence-electron chi connectivity index (χ2n) is 4.31. The molecule has 0 radical (unpaired) electrons. The molecule has 3 aromatic heterocycles. The number of phenols is 1. The molecule has 1 aromatic carbocycles. The van der Waals surface area contributed by atoms with Crippen molar-refractivity contribution in [2.75, 3.05) is 0 Å². The zero-order chi connectivity index (χ0) is 14.9. The van der Waals surface area contributed by atoms with Gasteiger partial charge in [0.05, 0.1) is 15.9 Å². The van der Waals surface area contributed by atoms with Crippen LogP contribution in [0.2, 0.25) is 0 Å². The first-order valence-corrected chi connectivity index (χ1v) is 7.95. The van der Waals surface area contributed by atoms with Gasteiger partial charge in [-0.3, -0.25) is 0 Å². The van der Waals surface area contributed by atoms with Crippen LogP contribution in [0, 0.1) is 0 Å². The largest absolute Gasteiger partial charge is 0.508 e. The first kappa shape index (κ1) is 13.2. The number of benzene rings is 1. The molecule has 1 N–H and O–H groups in total. The Balaban J connectivity index is 1.68. The van der Waals surface area contributed by atoms with Gasteiger partial charge in [-0.1, -0.05) is 0 Å². The van der Waals surface area contributed by atoms with Crippen molar-refractivity contribution in [3.63, 3.8) is 0 Å². The molecule has 0 amide bonds. The minimum absolute atomic E-state index is 0.192. The van der Waals surface area contributed by atoms with E-state index in [-0.39, 0.29) is 5.75 Å². The van der Waals surface area contributed by atoms with E-state index in [4.69, 9.17) is 0 Å². The zero-order valence-corrected chi connectivity index (χ0v) is 12.6. The molecule has 0 saturated heterocycles. The SMILES string of the molecule is Oc1ccc(-n2nnnc2Sc2ncc3sccc3n2)cc1. The molecule has 4 rings (SSSR count). The first-order chi connectivity index (χ1) is 10.8. The maximum Gasteiger partial charge on any atom is 0.221 e. The lowest BCUT2D eigenvalue weighted by molar-refractivity contribution is 0.475. The maximum absolute atomic E-state index is 9.35. The topological polar surface area (TPSA) is 89.6 Å². The molecule has 0 unspecified atom stereocenters. The van der Waals surface area contributed by atoms with Gasteiger partial charge in [-0.2, -0.15) is 4.68 Å². The van der Waals surface area contributed by atoms with Crippen LogP contribution >= 0.6 is 23.1 Å². The molecule has 108 valence electrons. The highest BCUT2D eigenvalue weighted by molar-refractivity contribution is 7.99. The van der Waals surface area contributed by atoms with Gasteiger partial charge in [-0.25, -0.2) is 9.97 Å². The van der Waals surface area contributed by atoms with E-state index >= 15 is 0 Å². The van der Waals surface area contributed by atoms with Crippen molar-refractivity contribution in [3.05, 3.63) is 41.9 Å². The quantitative estimate of drug-likeness (QED) is 0.578. The second kappa shape index (κ2) is 5.35. The van der Waals surface area contributed by atoms with Gasteiger partial charge in [0.15, 0.2) is 5.16 Å². The van der Waals surface area contributed by atoms with Crippen molar-refractivity contribution in [1.29, 1.82) is 0 Å². The van der Waals surface area contributed by atoms with E-state index in [1.54, 1.807) is 46.5 Å². The minimum atomic E-state index is 0.192. The van der Waals surface area contributed by atoms with Gasteiger partial charge < -0.3 is 5.11 Å². The molecule has 0 aliphatic carbocycles. The normalized spacial score (nSPS) is 11.1. The molecular weight excluding hydrogens is 320 g/mol. The molecule has 4 aromatic rings. The smallest absolute Gasteiger partial charge is 0.221 e. The molecule has 0 bridgehead atoms. The highest BCUT2D eigenvalue weighted by Crippen LogP contribution is 2.27. The summed E-state index contributed by atoms with van der Waals surface area (Å²) in [5.41, 5.74) is 1.66. The minimum Gasteiger partial charge on any atom is -0.508 e. The Morgan fingerprint density at radius 2 is 2.00 bits per heavy atom. The van der Waals surface area contributed by atoms with Crippen LogP contribution in [0.4, 0.5) is 0 Å². The number of hydrogen-bond donors (Lipinski definition) is 1. The third kappa shape index (κ3) is 2.40. The second-order valence-corrected chi connectivity index (χ2v) is 6.20. The van der Waals surface area contributed by atoms with Gasteiger partial charge >= 0.3 is 0 Å². The van der Waals surface area contributed by atoms with Gasteiger partial charge in [-0.05, 0) is 57.9 Å². The summed E-state index contributed by atoms with van der Waals surface area (Å²) < 4.78 is 2.62. The summed E-state index contributed by atoms with van der Waals surface area (Å²) >= 11 is 2.89. The molecule has 7 nitrogen and oxygen atoms in total. The van der Waals surface area contributed by atoms with Gasteiger partial charge in [0.25, 0.3) is 0 Å². The Kier molecular flexibility index (Phi) is 3.20. The van der Waals surface area contributed by atoms with Crippen LogP contribution < -0.4 is 0 Å². The fraction of sp³-hybridized carbons (Fsp3) is 0. The van der Waals surface area contributed by atoms with Crippen LogP contribution in [-0.2, 0) is 0 Å². The molecule has 0 spiro atoms. The van der Waals surface area contributed by atoms with E-state index in [2.05, 4.69) is 25.5 Å². The average molecular weight is 328 g/mol. The molecule has 0 fully saturated rings. The summed E-state index contributed by atoms with van der Waals surface area (Å²) in [6, 6.07) is 8.59. The van der Waals surface area contributed by atoms with E-state index in [9.17, 15) is 5.11 Å². The van der Waals surface area contributed by atoms with Crippen LogP contribution in [-0.4, -0.2) is 35.3 Å². The summed E-state index contributed by atoms with van der Waals surface area (Å²) in [5, 5.41) is 24.1. The Labute approximate surface area is 132 Å². The number of phenolic OH excluding ortho intramolecular Hbond substituents is 1. The molecular formula is C13H8N6OS2. The van der Waals surface area contributed by atoms with E-state index in [0.29, 0.717) is 10.3 Å². The van der Waals surface area contributed by atoms with E-state index in [1.165, 1.54) is 11.8 Å². The Morgan fingerprint density at radius 1 is 1.14 bits per heavy atom. The fourth-order valence-corrected chi connectivity index (χ4v) is 3.29. The van der Waals surface area contributed by atoms with Crippen molar-refractivity contribution in [1.82, 2.24) is 30.2 Å². The van der Waals surface area contributed by atoms with Crippen molar-refractivity contribution in [2.45, 2.75) is 10.3 Å². The van der Waals surface area contributed by atoms with Gasteiger partial charge in [0, 0.05) is 6.20 Å². The summed E-state index contributed by atoms with van der Waals surface area (Å²) in [7, 11) is 0. The summed E-state index contributed by atoms with van der Waals surface area (Å²) in [5.74, 6) is 0.192. The molecule has 0 atom stereocenters. The molecule has 9 heteroatoms. The number of aromatic hydroxyl groups is 1. The highest BCUT2D eigenvalue weighted by Gasteiger charge is 2.12. The predicted octanol–water partition coefficient (Wildman–Crippen LogP) is 2.52. The van der Waals surface area contributed by atoms with Crippen LogP contribution in [0.15, 0.2) is 52.2 Å². The van der Waals surface area contributed by atoms with Gasteiger partial charge in [0.1, 0.15) is 5.75 Å². The number of tetrazole rings is 1. The molecule has 0 aliphatic heterocycles. The van der Waals surface area contributed by atoms with E-state index in [0.717, 1.165) is 15.9 Å². The number of aromatic nitrogens is 6. The lowest BCUT2D eigenvalue weighted by atomic mass is 10.3. The lowest BCUT2D eigenvalue weighted by Crippen LogP contribution is -1.99. The van der Waals surface area contributed by atoms with Crippen molar-refractivity contribution >= 4 is 33.3 Å². The number of hydrogen-bond acceptors (Lipinski definition) is 8. The van der Waals surface area contributed by atoms with Gasteiger partial charge in [0.2, 0.25) is 5.16 Å². The zero-order valence-electron chi connectivity index (χ0n) is 11.0. The van der Waals surface area contributed by atoms with E-state index in [1.807, 2.05) is 11.4 Å². The highest BCUT2D eigenvalue weighted by atomic mass is 32.2.